The van der Waals surface area contributed by atoms with Crippen LogP contribution in [0.25, 0.3) is 0 Å². The average molecular weight is 248 g/mol. The van der Waals surface area contributed by atoms with E-state index in [1.807, 2.05) is 20.8 Å². The summed E-state index contributed by atoms with van der Waals surface area (Å²) in [5.74, 6) is 0.295. The molecule has 16 heavy (non-hydrogen) atoms. The lowest BCUT2D eigenvalue weighted by Gasteiger charge is -2.15. The van der Waals surface area contributed by atoms with Crippen molar-refractivity contribution in [2.45, 2.75) is 44.9 Å². The molecule has 0 aliphatic carbocycles. The van der Waals surface area contributed by atoms with Crippen molar-refractivity contribution >= 4 is 16.7 Å². The Kier molecular flexibility index (Phi) is 7.58. The van der Waals surface area contributed by atoms with E-state index in [1.54, 1.807) is 6.26 Å². The van der Waals surface area contributed by atoms with Gasteiger partial charge in [-0.1, -0.05) is 20.8 Å². The summed E-state index contributed by atoms with van der Waals surface area (Å²) in [4.78, 5) is 11.4. The number of carbonyl (C=O) groups excluding carboxylic acids is 1. The Balaban J connectivity index is 3.70. The monoisotopic (exact) mass is 248 g/mol. The quantitative estimate of drug-likeness (QED) is 0.694. The summed E-state index contributed by atoms with van der Waals surface area (Å²) in [5, 5.41) is 2.92. The molecule has 1 amide bonds. The fourth-order valence-corrected chi connectivity index (χ4v) is 1.55. The summed E-state index contributed by atoms with van der Waals surface area (Å²) >= 11 is 0. The number of rotatable bonds is 7. The predicted molar refractivity (Wildman–Crippen MR) is 68.6 cm³/mol. The van der Waals surface area contributed by atoms with Crippen molar-refractivity contribution in [1.29, 1.82) is 0 Å². The van der Waals surface area contributed by atoms with E-state index in [1.165, 1.54) is 0 Å². The van der Waals surface area contributed by atoms with Gasteiger partial charge in [0.15, 0.2) is 0 Å². The molecule has 3 atom stereocenters. The lowest BCUT2D eigenvalue weighted by Crippen LogP contribution is -2.35. The molecule has 5 heteroatoms. The highest BCUT2D eigenvalue weighted by Crippen LogP contribution is 2.02. The van der Waals surface area contributed by atoms with E-state index < -0.39 is 10.8 Å². The van der Waals surface area contributed by atoms with E-state index in [0.29, 0.717) is 18.9 Å². The van der Waals surface area contributed by atoms with Crippen LogP contribution in [0.4, 0.5) is 0 Å². The highest BCUT2D eigenvalue weighted by Gasteiger charge is 2.13. The molecule has 0 aromatic carbocycles. The lowest BCUT2D eigenvalue weighted by molar-refractivity contribution is -0.121. The fourth-order valence-electron chi connectivity index (χ4n) is 1.10. The maximum absolute atomic E-state index is 11.4. The van der Waals surface area contributed by atoms with Crippen LogP contribution in [0.15, 0.2) is 0 Å². The fraction of sp³-hybridized carbons (Fsp3) is 0.909. The summed E-state index contributed by atoms with van der Waals surface area (Å²) in [5.41, 5.74) is 5.79. The molecule has 0 aromatic heterocycles. The normalized spacial score (nSPS) is 16.9. The Hall–Kier alpha value is -0.420. The molecular weight excluding hydrogens is 224 g/mol. The Labute approximate surface area is 101 Å². The van der Waals surface area contributed by atoms with Crippen molar-refractivity contribution in [2.24, 2.45) is 11.7 Å². The minimum absolute atomic E-state index is 0.0183. The molecule has 3 N–H and O–H groups in total. The zero-order valence-corrected chi connectivity index (χ0v) is 11.5. The van der Waals surface area contributed by atoms with Gasteiger partial charge in [0.05, 0.1) is 0 Å². The zero-order valence-electron chi connectivity index (χ0n) is 10.7. The first kappa shape index (κ1) is 15.6. The first-order chi connectivity index (χ1) is 7.34. The topological polar surface area (TPSA) is 72.2 Å². The number of hydrogen-bond donors (Lipinski definition) is 2. The molecule has 0 saturated carbocycles. The van der Waals surface area contributed by atoms with Crippen LogP contribution in [-0.4, -0.2) is 34.2 Å². The minimum Gasteiger partial charge on any atom is -0.356 e. The standard InChI is InChI=1S/C11H24N2O2S/c1-8(2)10(12)7-11(14)13-6-5-9(3)16(4)15/h8-10H,5-7,12H2,1-4H3,(H,13,14). The third-order valence-corrected chi connectivity index (χ3v) is 4.09. The molecule has 0 radical (unpaired) electrons. The van der Waals surface area contributed by atoms with Crippen molar-refractivity contribution in [3.05, 3.63) is 0 Å². The van der Waals surface area contributed by atoms with Gasteiger partial charge in [0.25, 0.3) is 0 Å². The predicted octanol–water partition coefficient (Wildman–Crippen LogP) is 0.633. The van der Waals surface area contributed by atoms with Gasteiger partial charge in [0.2, 0.25) is 5.91 Å². The second-order valence-corrected chi connectivity index (χ2v) is 6.36. The van der Waals surface area contributed by atoms with Gasteiger partial charge in [-0.2, -0.15) is 0 Å². The van der Waals surface area contributed by atoms with Crippen LogP contribution < -0.4 is 11.1 Å². The number of amides is 1. The van der Waals surface area contributed by atoms with Gasteiger partial charge in [-0.05, 0) is 12.3 Å². The van der Waals surface area contributed by atoms with Crippen LogP contribution in [-0.2, 0) is 15.6 Å². The van der Waals surface area contributed by atoms with Gasteiger partial charge in [-0.25, -0.2) is 0 Å². The Morgan fingerprint density at radius 2 is 1.94 bits per heavy atom. The van der Waals surface area contributed by atoms with Gasteiger partial charge in [-0.15, -0.1) is 0 Å². The summed E-state index contributed by atoms with van der Waals surface area (Å²) in [6.07, 6.45) is 2.79. The SMILES string of the molecule is CC(C)C(N)CC(=O)NCCC(C)S(C)=O. The van der Waals surface area contributed by atoms with Crippen LogP contribution in [0, 0.1) is 5.92 Å². The minimum atomic E-state index is -0.819. The molecule has 4 nitrogen and oxygen atoms in total. The van der Waals surface area contributed by atoms with Crippen molar-refractivity contribution in [2.75, 3.05) is 12.8 Å². The van der Waals surface area contributed by atoms with Crippen LogP contribution in [0.2, 0.25) is 0 Å². The van der Waals surface area contributed by atoms with Crippen molar-refractivity contribution in [3.8, 4) is 0 Å². The zero-order chi connectivity index (χ0) is 12.7. The van der Waals surface area contributed by atoms with E-state index in [0.717, 1.165) is 6.42 Å². The molecular formula is C11H24N2O2S. The Morgan fingerprint density at radius 1 is 1.38 bits per heavy atom. The molecule has 0 rings (SSSR count). The van der Waals surface area contributed by atoms with E-state index in [-0.39, 0.29) is 17.2 Å². The van der Waals surface area contributed by atoms with Crippen molar-refractivity contribution in [3.63, 3.8) is 0 Å². The van der Waals surface area contributed by atoms with Crippen LogP contribution >= 0.6 is 0 Å². The van der Waals surface area contributed by atoms with Gasteiger partial charge in [0, 0.05) is 41.3 Å². The number of nitrogens with one attached hydrogen (secondary N) is 1. The smallest absolute Gasteiger partial charge is 0.221 e. The van der Waals surface area contributed by atoms with Crippen LogP contribution in [0.1, 0.15) is 33.6 Å². The molecule has 0 bridgehead atoms. The highest BCUT2D eigenvalue weighted by atomic mass is 32.2. The van der Waals surface area contributed by atoms with Gasteiger partial charge in [-0.3, -0.25) is 9.00 Å². The molecule has 0 spiro atoms. The maximum Gasteiger partial charge on any atom is 0.221 e. The second-order valence-electron chi connectivity index (χ2n) is 4.56. The van der Waals surface area contributed by atoms with Gasteiger partial charge < -0.3 is 11.1 Å². The molecule has 96 valence electrons. The van der Waals surface area contributed by atoms with E-state index in [9.17, 15) is 9.00 Å². The summed E-state index contributed by atoms with van der Waals surface area (Å²) in [7, 11) is -0.819. The van der Waals surface area contributed by atoms with Crippen LogP contribution in [0.3, 0.4) is 0 Å². The third kappa shape index (κ3) is 6.95. The van der Waals surface area contributed by atoms with E-state index in [4.69, 9.17) is 5.73 Å². The number of carbonyl (C=O) groups is 1. The number of hydrogen-bond acceptors (Lipinski definition) is 3. The molecule has 0 heterocycles. The summed E-state index contributed by atoms with van der Waals surface area (Å²) < 4.78 is 11.1. The van der Waals surface area contributed by atoms with Crippen molar-refractivity contribution in [1.82, 2.24) is 5.32 Å². The molecule has 3 unspecified atom stereocenters. The van der Waals surface area contributed by atoms with Gasteiger partial charge >= 0.3 is 0 Å². The largest absolute Gasteiger partial charge is 0.356 e. The Morgan fingerprint density at radius 3 is 2.38 bits per heavy atom. The lowest BCUT2D eigenvalue weighted by atomic mass is 10.0. The Bertz CT molecular complexity index is 244. The summed E-state index contributed by atoms with van der Waals surface area (Å²) in [6.45, 7) is 6.49. The number of nitrogens with two attached hydrogens (primary N) is 1. The first-order valence-corrected chi connectivity index (χ1v) is 7.31. The van der Waals surface area contributed by atoms with Gasteiger partial charge in [0.1, 0.15) is 0 Å². The first-order valence-electron chi connectivity index (χ1n) is 5.69. The molecule has 0 aliphatic rings. The molecule has 0 fully saturated rings. The maximum atomic E-state index is 11.4. The molecule has 0 saturated heterocycles. The van der Waals surface area contributed by atoms with Crippen molar-refractivity contribution < 1.29 is 9.00 Å². The van der Waals surface area contributed by atoms with Crippen LogP contribution in [0.5, 0.6) is 0 Å². The van der Waals surface area contributed by atoms with E-state index >= 15 is 0 Å². The highest BCUT2D eigenvalue weighted by molar-refractivity contribution is 7.84. The average Bonchev–Trinajstić information content (AvgIpc) is 2.16. The molecule has 0 aliphatic heterocycles. The second kappa shape index (κ2) is 7.79. The third-order valence-electron chi connectivity index (χ3n) is 2.72. The summed E-state index contributed by atoms with van der Waals surface area (Å²) in [6, 6.07) is -0.0854. The van der Waals surface area contributed by atoms with E-state index in [2.05, 4.69) is 5.32 Å². The molecule has 0 aromatic rings.